The molecule has 0 aromatic heterocycles. The summed E-state index contributed by atoms with van der Waals surface area (Å²) >= 11 is 0. The zero-order valence-corrected chi connectivity index (χ0v) is 11.6. The highest BCUT2D eigenvalue weighted by Gasteiger charge is 2.28. The Hall–Kier alpha value is -0.130. The molecule has 0 saturated carbocycles. The molecule has 0 radical (unpaired) electrons. The van der Waals surface area contributed by atoms with Gasteiger partial charge in [-0.25, -0.2) is 8.42 Å². The Morgan fingerprint density at radius 3 is 2.44 bits per heavy atom. The van der Waals surface area contributed by atoms with Crippen LogP contribution in [0.2, 0.25) is 0 Å². The summed E-state index contributed by atoms with van der Waals surface area (Å²) in [6, 6.07) is 0.458. The van der Waals surface area contributed by atoms with Crippen molar-refractivity contribution in [2.45, 2.75) is 38.0 Å². The third-order valence-electron chi connectivity index (χ3n) is 3.13. The summed E-state index contributed by atoms with van der Waals surface area (Å²) in [7, 11) is -0.888. The Morgan fingerprint density at radius 1 is 1.38 bits per heavy atom. The minimum Gasteiger partial charge on any atom is -0.312 e. The van der Waals surface area contributed by atoms with E-state index in [1.165, 1.54) is 0 Å². The molecule has 1 unspecified atom stereocenters. The van der Waals surface area contributed by atoms with E-state index in [4.69, 9.17) is 0 Å². The first-order chi connectivity index (χ1) is 7.22. The molecule has 1 saturated heterocycles. The van der Waals surface area contributed by atoms with Gasteiger partial charge in [-0.2, -0.15) is 0 Å². The van der Waals surface area contributed by atoms with E-state index in [1.807, 2.05) is 0 Å². The Kier molecular flexibility index (Phi) is 4.37. The van der Waals surface area contributed by atoms with Gasteiger partial charge < -0.3 is 10.2 Å². The van der Waals surface area contributed by atoms with Gasteiger partial charge in [-0.3, -0.25) is 0 Å². The first kappa shape index (κ1) is 13.9. The van der Waals surface area contributed by atoms with Crippen LogP contribution in [0.4, 0.5) is 0 Å². The second kappa shape index (κ2) is 5.02. The summed E-state index contributed by atoms with van der Waals surface area (Å²) in [5, 5.41) is 3.32. The number of likely N-dealkylation sites (N-methyl/N-ethyl adjacent to an activating group) is 1. The van der Waals surface area contributed by atoms with Crippen LogP contribution in [0, 0.1) is 0 Å². The smallest absolute Gasteiger partial charge is 0.156 e. The lowest BCUT2D eigenvalue weighted by molar-refractivity contribution is 0.400. The molecule has 0 spiro atoms. The van der Waals surface area contributed by atoms with Gasteiger partial charge in [0, 0.05) is 19.1 Å². The molecule has 1 N–H and O–H groups in total. The largest absolute Gasteiger partial charge is 0.312 e. The first-order valence-electron chi connectivity index (χ1n) is 5.86. The molecule has 1 fully saturated rings. The van der Waals surface area contributed by atoms with E-state index < -0.39 is 14.6 Å². The molecule has 1 aliphatic heterocycles. The van der Waals surface area contributed by atoms with Gasteiger partial charge in [0.05, 0.1) is 10.5 Å². The summed E-state index contributed by atoms with van der Waals surface area (Å²) in [6.45, 7) is 7.96. The Balaban J connectivity index is 2.31. The van der Waals surface area contributed by atoms with Crippen LogP contribution >= 0.6 is 0 Å². The van der Waals surface area contributed by atoms with Crippen LogP contribution in [-0.4, -0.2) is 56.5 Å². The summed E-state index contributed by atoms with van der Waals surface area (Å²) < 4.78 is 23.0. The summed E-state index contributed by atoms with van der Waals surface area (Å²) in [4.78, 5) is 2.26. The van der Waals surface area contributed by atoms with Crippen LogP contribution in [0.15, 0.2) is 0 Å². The van der Waals surface area contributed by atoms with Crippen LogP contribution in [0.5, 0.6) is 0 Å². The van der Waals surface area contributed by atoms with Crippen molar-refractivity contribution in [3.05, 3.63) is 0 Å². The van der Waals surface area contributed by atoms with Gasteiger partial charge in [0.2, 0.25) is 0 Å². The molecule has 0 bridgehead atoms. The van der Waals surface area contributed by atoms with Gasteiger partial charge in [0.15, 0.2) is 9.84 Å². The van der Waals surface area contributed by atoms with E-state index in [1.54, 1.807) is 20.8 Å². The number of nitrogens with zero attached hydrogens (tertiary/aromatic N) is 1. The van der Waals surface area contributed by atoms with E-state index in [0.717, 1.165) is 19.5 Å². The van der Waals surface area contributed by atoms with Gasteiger partial charge in [0.25, 0.3) is 0 Å². The van der Waals surface area contributed by atoms with Gasteiger partial charge in [-0.1, -0.05) is 0 Å². The second-order valence-corrected chi connectivity index (χ2v) is 8.50. The highest BCUT2D eigenvalue weighted by atomic mass is 32.2. The van der Waals surface area contributed by atoms with E-state index in [9.17, 15) is 8.42 Å². The fourth-order valence-corrected chi connectivity index (χ4v) is 2.80. The molecular weight excluding hydrogens is 224 g/mol. The Bertz CT molecular complexity index is 319. The van der Waals surface area contributed by atoms with E-state index in [2.05, 4.69) is 17.3 Å². The van der Waals surface area contributed by atoms with Crippen molar-refractivity contribution in [1.29, 1.82) is 0 Å². The third kappa shape index (κ3) is 3.71. The topological polar surface area (TPSA) is 49.4 Å². The van der Waals surface area contributed by atoms with Gasteiger partial charge in [-0.15, -0.1) is 0 Å². The number of hydrogen-bond donors (Lipinski definition) is 1. The molecule has 1 heterocycles. The third-order valence-corrected chi connectivity index (χ3v) is 5.74. The average Bonchev–Trinajstić information content (AvgIpc) is 2.49. The fourth-order valence-electron chi connectivity index (χ4n) is 1.81. The summed E-state index contributed by atoms with van der Waals surface area (Å²) in [5.41, 5.74) is 0. The van der Waals surface area contributed by atoms with Crippen molar-refractivity contribution in [1.82, 2.24) is 10.2 Å². The van der Waals surface area contributed by atoms with Crippen molar-refractivity contribution in [2.75, 3.05) is 32.4 Å². The maximum absolute atomic E-state index is 11.8. The molecule has 4 nitrogen and oxygen atoms in total. The summed E-state index contributed by atoms with van der Waals surface area (Å²) in [6.07, 6.45) is 1.12. The number of sulfone groups is 1. The van der Waals surface area contributed by atoms with Crippen LogP contribution in [0.25, 0.3) is 0 Å². The molecule has 5 heteroatoms. The van der Waals surface area contributed by atoms with E-state index in [0.29, 0.717) is 12.6 Å². The molecule has 96 valence electrons. The van der Waals surface area contributed by atoms with Gasteiger partial charge in [0.1, 0.15) is 0 Å². The number of hydrogen-bond acceptors (Lipinski definition) is 4. The number of rotatable bonds is 4. The lowest BCUT2D eigenvalue weighted by Crippen LogP contribution is -2.39. The van der Waals surface area contributed by atoms with Crippen molar-refractivity contribution < 1.29 is 8.42 Å². The van der Waals surface area contributed by atoms with Crippen LogP contribution in [-0.2, 0) is 9.84 Å². The molecular formula is C11H24N2O2S. The molecule has 16 heavy (non-hydrogen) atoms. The molecule has 0 aliphatic carbocycles. The zero-order chi connectivity index (χ0) is 12.4. The predicted octanol–water partition coefficient (Wildman–Crippen LogP) is 0.493. The number of nitrogens with one attached hydrogen (secondary N) is 1. The zero-order valence-electron chi connectivity index (χ0n) is 10.8. The highest BCUT2D eigenvalue weighted by molar-refractivity contribution is 7.92. The molecule has 0 amide bonds. The van der Waals surface area contributed by atoms with Crippen LogP contribution in [0.1, 0.15) is 27.2 Å². The minimum atomic E-state index is -2.98. The number of likely N-dealkylation sites (tertiary alicyclic amines) is 1. The summed E-state index contributed by atoms with van der Waals surface area (Å²) in [5.74, 6) is 0.233. The molecule has 0 aromatic carbocycles. The first-order valence-corrected chi connectivity index (χ1v) is 7.52. The monoisotopic (exact) mass is 248 g/mol. The average molecular weight is 248 g/mol. The molecule has 0 aromatic rings. The SMILES string of the molecule is CN1CCC(NCCS(=O)(=O)C(C)(C)C)C1. The minimum absolute atomic E-state index is 0.233. The van der Waals surface area contributed by atoms with Crippen LogP contribution in [0.3, 0.4) is 0 Å². The molecule has 1 aliphatic rings. The van der Waals surface area contributed by atoms with Crippen molar-refractivity contribution in [2.24, 2.45) is 0 Å². The van der Waals surface area contributed by atoms with Crippen molar-refractivity contribution in [3.63, 3.8) is 0 Å². The lowest BCUT2D eigenvalue weighted by atomic mass is 10.3. The Labute approximate surface area is 99.3 Å². The van der Waals surface area contributed by atoms with E-state index >= 15 is 0 Å². The highest BCUT2D eigenvalue weighted by Crippen LogP contribution is 2.15. The maximum Gasteiger partial charge on any atom is 0.156 e. The molecule has 1 atom stereocenters. The van der Waals surface area contributed by atoms with Crippen molar-refractivity contribution in [3.8, 4) is 0 Å². The predicted molar refractivity (Wildman–Crippen MR) is 67.4 cm³/mol. The standard InChI is InChI=1S/C11H24N2O2S/c1-11(2,3)16(14,15)8-6-12-10-5-7-13(4)9-10/h10,12H,5-9H2,1-4H3. The van der Waals surface area contributed by atoms with Crippen molar-refractivity contribution >= 4 is 9.84 Å². The quantitative estimate of drug-likeness (QED) is 0.787. The van der Waals surface area contributed by atoms with E-state index in [-0.39, 0.29) is 5.75 Å². The van der Waals surface area contributed by atoms with Gasteiger partial charge >= 0.3 is 0 Å². The lowest BCUT2D eigenvalue weighted by Gasteiger charge is -2.20. The second-order valence-electron chi connectivity index (χ2n) is 5.63. The Morgan fingerprint density at radius 2 is 2.00 bits per heavy atom. The maximum atomic E-state index is 11.8. The van der Waals surface area contributed by atoms with Crippen LogP contribution < -0.4 is 5.32 Å². The van der Waals surface area contributed by atoms with Gasteiger partial charge in [-0.05, 0) is 40.8 Å². The normalized spacial score (nSPS) is 23.9. The fraction of sp³-hybridized carbons (Fsp3) is 1.00. The molecule has 1 rings (SSSR count).